The molecule has 0 bridgehead atoms. The van der Waals surface area contributed by atoms with Crippen molar-refractivity contribution < 1.29 is 27.0 Å². The van der Waals surface area contributed by atoms with E-state index < -0.39 is 12.2 Å². The number of likely N-dealkylation sites (tertiary alicyclic amines) is 1. The van der Waals surface area contributed by atoms with Crippen LogP contribution in [-0.4, -0.2) is 55.3 Å². The maximum absolute atomic E-state index is 13.8. The Morgan fingerprint density at radius 1 is 1.10 bits per heavy atom. The highest BCUT2D eigenvalue weighted by molar-refractivity contribution is 5.97. The minimum absolute atomic E-state index is 0.0603. The summed E-state index contributed by atoms with van der Waals surface area (Å²) in [6.07, 6.45) is -1.98. The largest absolute Gasteiger partial charge is 0.586 e. The van der Waals surface area contributed by atoms with Gasteiger partial charge in [-0.05, 0) is 25.0 Å². The van der Waals surface area contributed by atoms with Gasteiger partial charge in [-0.3, -0.25) is 4.90 Å². The zero-order chi connectivity index (χ0) is 20.9. The molecule has 0 atom stereocenters. The molecule has 12 heteroatoms. The third kappa shape index (κ3) is 2.59. The predicted molar refractivity (Wildman–Crippen MR) is 95.7 cm³/mol. The van der Waals surface area contributed by atoms with Crippen molar-refractivity contribution in [3.8, 4) is 11.5 Å². The normalized spacial score (nSPS) is 23.1. The van der Waals surface area contributed by atoms with Gasteiger partial charge in [0, 0.05) is 30.3 Å². The molecule has 1 saturated carbocycles. The summed E-state index contributed by atoms with van der Waals surface area (Å²) in [7, 11) is 0. The standard InChI is InChI=1S/C18H16F4N6O2/c19-17(20)7-16(4-5-16)27(8-17)6-3-11-24-14-9-1-2-10-13(30-18(21,22)29-10)12(9)25-15(23)28(14)26-11/h1-2H,3-8H2,(H2,23,25). The smallest absolute Gasteiger partial charge is 0.395 e. The third-order valence-corrected chi connectivity index (χ3v) is 5.99. The molecule has 3 aromatic rings. The second kappa shape index (κ2) is 5.42. The van der Waals surface area contributed by atoms with Crippen molar-refractivity contribution in [1.29, 1.82) is 0 Å². The zero-order valence-corrected chi connectivity index (χ0v) is 15.5. The fourth-order valence-corrected chi connectivity index (χ4v) is 4.53. The van der Waals surface area contributed by atoms with E-state index in [0.29, 0.717) is 29.8 Å². The minimum Gasteiger partial charge on any atom is -0.395 e. The summed E-state index contributed by atoms with van der Waals surface area (Å²) in [6, 6.07) is 2.87. The molecule has 1 saturated heterocycles. The van der Waals surface area contributed by atoms with E-state index in [4.69, 9.17) is 5.73 Å². The van der Waals surface area contributed by atoms with Crippen LogP contribution in [0.2, 0.25) is 0 Å². The van der Waals surface area contributed by atoms with Gasteiger partial charge in [-0.15, -0.1) is 13.9 Å². The highest BCUT2D eigenvalue weighted by atomic mass is 19.3. The average molecular weight is 424 g/mol. The van der Waals surface area contributed by atoms with Crippen molar-refractivity contribution in [3.05, 3.63) is 18.0 Å². The van der Waals surface area contributed by atoms with Crippen molar-refractivity contribution in [2.45, 2.75) is 43.4 Å². The summed E-state index contributed by atoms with van der Waals surface area (Å²) in [5, 5.41) is 4.75. The van der Waals surface area contributed by atoms with Gasteiger partial charge in [0.25, 0.3) is 5.92 Å². The van der Waals surface area contributed by atoms with E-state index in [0.717, 1.165) is 12.8 Å². The topological polar surface area (TPSA) is 90.8 Å². The Balaban J connectivity index is 1.34. The van der Waals surface area contributed by atoms with E-state index in [1.54, 1.807) is 0 Å². The lowest BCUT2D eigenvalue weighted by molar-refractivity contribution is -0.286. The number of rotatable bonds is 3. The van der Waals surface area contributed by atoms with Crippen LogP contribution >= 0.6 is 0 Å². The molecule has 2 aliphatic heterocycles. The van der Waals surface area contributed by atoms with Gasteiger partial charge in [0.15, 0.2) is 23.0 Å². The van der Waals surface area contributed by atoms with E-state index >= 15 is 0 Å². The number of ether oxygens (including phenoxy) is 2. The lowest BCUT2D eigenvalue weighted by Crippen LogP contribution is -2.34. The molecule has 4 heterocycles. The monoisotopic (exact) mass is 424 g/mol. The lowest BCUT2D eigenvalue weighted by atomic mass is 10.1. The van der Waals surface area contributed by atoms with E-state index in [9.17, 15) is 17.6 Å². The van der Waals surface area contributed by atoms with Crippen molar-refractivity contribution in [1.82, 2.24) is 24.5 Å². The summed E-state index contributed by atoms with van der Waals surface area (Å²) in [5.41, 5.74) is 5.98. The molecular formula is C18H16F4N6O2. The van der Waals surface area contributed by atoms with Crippen molar-refractivity contribution in [2.24, 2.45) is 0 Å². The van der Waals surface area contributed by atoms with Crippen LogP contribution < -0.4 is 15.2 Å². The van der Waals surface area contributed by atoms with Crippen LogP contribution in [0.3, 0.4) is 0 Å². The van der Waals surface area contributed by atoms with Crippen molar-refractivity contribution >= 4 is 22.5 Å². The number of aromatic nitrogens is 4. The van der Waals surface area contributed by atoms with Gasteiger partial charge < -0.3 is 15.2 Å². The first-order valence-corrected chi connectivity index (χ1v) is 9.51. The number of hydrogen-bond acceptors (Lipinski definition) is 7. The summed E-state index contributed by atoms with van der Waals surface area (Å²) in [6.45, 7) is 0.140. The first kappa shape index (κ1) is 17.9. The van der Waals surface area contributed by atoms with Gasteiger partial charge in [-0.25, -0.2) is 18.7 Å². The predicted octanol–water partition coefficient (Wildman–Crippen LogP) is 2.60. The molecule has 30 heavy (non-hydrogen) atoms. The second-order valence-corrected chi connectivity index (χ2v) is 8.12. The number of nitrogens with zero attached hydrogens (tertiary/aromatic N) is 5. The van der Waals surface area contributed by atoms with E-state index in [1.165, 1.54) is 16.6 Å². The highest BCUT2D eigenvalue weighted by Crippen LogP contribution is 2.54. The van der Waals surface area contributed by atoms with Crippen LogP contribution in [0.4, 0.5) is 23.5 Å². The summed E-state index contributed by atoms with van der Waals surface area (Å²) in [4.78, 5) is 10.4. The third-order valence-electron chi connectivity index (χ3n) is 5.99. The van der Waals surface area contributed by atoms with E-state index in [2.05, 4.69) is 24.5 Å². The molecule has 2 N–H and O–H groups in total. The molecule has 1 aliphatic carbocycles. The van der Waals surface area contributed by atoms with Gasteiger partial charge in [0.1, 0.15) is 5.52 Å². The van der Waals surface area contributed by atoms with Crippen LogP contribution in [0.1, 0.15) is 25.1 Å². The van der Waals surface area contributed by atoms with Crippen LogP contribution in [0.25, 0.3) is 16.6 Å². The number of alkyl halides is 4. The number of halogens is 4. The lowest BCUT2D eigenvalue weighted by Gasteiger charge is -2.21. The first-order chi connectivity index (χ1) is 14.1. The maximum Gasteiger partial charge on any atom is 0.586 e. The Bertz CT molecular complexity index is 1210. The second-order valence-electron chi connectivity index (χ2n) is 8.12. The quantitative estimate of drug-likeness (QED) is 0.647. The van der Waals surface area contributed by atoms with Crippen molar-refractivity contribution in [3.63, 3.8) is 0 Å². The number of nitrogen functional groups attached to an aromatic ring is 1. The van der Waals surface area contributed by atoms with Gasteiger partial charge >= 0.3 is 6.29 Å². The number of fused-ring (bicyclic) bond motifs is 5. The van der Waals surface area contributed by atoms with E-state index in [-0.39, 0.29) is 41.5 Å². The fourth-order valence-electron chi connectivity index (χ4n) is 4.53. The molecule has 8 nitrogen and oxygen atoms in total. The molecule has 0 radical (unpaired) electrons. The SMILES string of the molecule is Nc1nc2c3c(ccc2c2nc(CCN4CC(F)(F)CC45CC5)nn12)OC(F)(F)O3. The average Bonchev–Trinajstić information content (AvgIpc) is 3.04. The van der Waals surface area contributed by atoms with Crippen LogP contribution in [0.5, 0.6) is 11.5 Å². The Morgan fingerprint density at radius 2 is 1.90 bits per heavy atom. The van der Waals surface area contributed by atoms with Gasteiger partial charge in [0.05, 0.1) is 6.54 Å². The molecule has 1 aromatic carbocycles. The zero-order valence-electron chi connectivity index (χ0n) is 15.5. The Labute approximate surface area is 166 Å². The maximum atomic E-state index is 13.8. The molecule has 0 unspecified atom stereocenters. The Hall–Kier alpha value is -2.89. The molecule has 2 aromatic heterocycles. The Kier molecular flexibility index (Phi) is 3.24. The van der Waals surface area contributed by atoms with Gasteiger partial charge in [-0.2, -0.15) is 4.52 Å². The number of hydrogen-bond donors (Lipinski definition) is 1. The first-order valence-electron chi connectivity index (χ1n) is 9.51. The molecule has 0 amide bonds. The fraction of sp³-hybridized carbons (Fsp3) is 0.500. The van der Waals surface area contributed by atoms with Gasteiger partial charge in [0.2, 0.25) is 5.95 Å². The molecule has 158 valence electrons. The Morgan fingerprint density at radius 3 is 2.67 bits per heavy atom. The molecular weight excluding hydrogens is 408 g/mol. The molecule has 1 spiro atoms. The molecule has 3 aliphatic rings. The summed E-state index contributed by atoms with van der Waals surface area (Å²) >= 11 is 0. The number of nitrogens with two attached hydrogens (primary N) is 1. The number of benzene rings is 1. The van der Waals surface area contributed by atoms with Crippen LogP contribution in [-0.2, 0) is 6.42 Å². The minimum atomic E-state index is -3.78. The van der Waals surface area contributed by atoms with Crippen molar-refractivity contribution in [2.75, 3.05) is 18.8 Å². The summed E-state index contributed by atoms with van der Waals surface area (Å²) < 4.78 is 64.9. The highest BCUT2D eigenvalue weighted by Gasteiger charge is 2.60. The summed E-state index contributed by atoms with van der Waals surface area (Å²) in [5.74, 6) is -2.68. The van der Waals surface area contributed by atoms with Crippen LogP contribution in [0.15, 0.2) is 12.1 Å². The van der Waals surface area contributed by atoms with Gasteiger partial charge in [-0.1, -0.05) is 0 Å². The molecule has 2 fully saturated rings. The molecule has 6 rings (SSSR count). The number of anilines is 1. The van der Waals surface area contributed by atoms with Crippen LogP contribution in [0, 0.1) is 0 Å². The van der Waals surface area contributed by atoms with E-state index in [1.807, 2.05) is 4.90 Å².